The van der Waals surface area contributed by atoms with Crippen molar-refractivity contribution in [1.82, 2.24) is 0 Å². The van der Waals surface area contributed by atoms with E-state index in [2.05, 4.69) is 0 Å². The summed E-state index contributed by atoms with van der Waals surface area (Å²) in [5.74, 6) is -2.65. The smallest absolute Gasteiger partial charge is 0.336 e. The molecule has 6 heteroatoms. The van der Waals surface area contributed by atoms with Gasteiger partial charge < -0.3 is 10.2 Å². The minimum Gasteiger partial charge on any atom is -0.478 e. The molecule has 1 rings (SSSR count). The van der Waals surface area contributed by atoms with E-state index in [9.17, 15) is 14.4 Å². The largest absolute Gasteiger partial charge is 0.478 e. The molecule has 0 fully saturated rings. The van der Waals surface area contributed by atoms with Crippen LogP contribution >= 0.6 is 11.6 Å². The second-order valence-electron chi connectivity index (χ2n) is 3.10. The molecule has 0 aromatic heterocycles. The lowest BCUT2D eigenvalue weighted by Gasteiger charge is -2.06. The number of carboxylic acid groups (broad SMARTS) is 2. The van der Waals surface area contributed by atoms with Gasteiger partial charge in [0.15, 0.2) is 0 Å². The molecular weight excluding hydrogens is 236 g/mol. The molecule has 0 atom stereocenters. The molecule has 2 N–H and O–H groups in total. The molecule has 0 amide bonds. The summed E-state index contributed by atoms with van der Waals surface area (Å²) in [4.78, 5) is 32.5. The van der Waals surface area contributed by atoms with Gasteiger partial charge in [0, 0.05) is 5.56 Å². The average Bonchev–Trinajstić information content (AvgIpc) is 2.15. The normalized spacial score (nSPS) is 9.88. The first kappa shape index (κ1) is 12.2. The third-order valence-electron chi connectivity index (χ3n) is 2.04. The number of aromatic carboxylic acids is 2. The molecule has 0 saturated carbocycles. The van der Waals surface area contributed by atoms with E-state index in [4.69, 9.17) is 21.8 Å². The Kier molecular flexibility index (Phi) is 3.29. The summed E-state index contributed by atoms with van der Waals surface area (Å²) in [6.45, 7) is 1.46. The molecule has 0 aliphatic carbocycles. The number of halogens is 1. The van der Waals surface area contributed by atoms with E-state index in [0.717, 1.165) is 12.1 Å². The Labute approximate surface area is 95.3 Å². The van der Waals surface area contributed by atoms with Crippen molar-refractivity contribution in [2.45, 2.75) is 6.92 Å². The number of aryl methyl sites for hydroxylation is 1. The number of carbonyl (C=O) groups is 3. The molecule has 0 radical (unpaired) electrons. The maximum Gasteiger partial charge on any atom is 0.336 e. The second kappa shape index (κ2) is 4.32. The summed E-state index contributed by atoms with van der Waals surface area (Å²) in [7, 11) is 0. The number of hydrogen-bond acceptors (Lipinski definition) is 3. The molecule has 0 heterocycles. The minimum absolute atomic E-state index is 0.168. The monoisotopic (exact) mass is 242 g/mol. The Morgan fingerprint density at radius 3 is 1.88 bits per heavy atom. The van der Waals surface area contributed by atoms with Crippen molar-refractivity contribution in [3.05, 3.63) is 34.4 Å². The van der Waals surface area contributed by atoms with Crippen molar-refractivity contribution >= 4 is 28.8 Å². The highest BCUT2D eigenvalue weighted by atomic mass is 35.5. The van der Waals surface area contributed by atoms with Gasteiger partial charge >= 0.3 is 11.9 Å². The van der Waals surface area contributed by atoms with Crippen LogP contribution in [0.15, 0.2) is 12.1 Å². The van der Waals surface area contributed by atoms with Gasteiger partial charge in [0.1, 0.15) is 0 Å². The highest BCUT2D eigenvalue weighted by Crippen LogP contribution is 2.18. The Balaban J connectivity index is 3.55. The molecule has 0 aliphatic heterocycles. The molecule has 0 aliphatic rings. The summed E-state index contributed by atoms with van der Waals surface area (Å²) in [5, 5.41) is 16.7. The van der Waals surface area contributed by atoms with Crippen LogP contribution in [-0.4, -0.2) is 27.4 Å². The zero-order valence-corrected chi connectivity index (χ0v) is 8.91. The number of benzene rings is 1. The third kappa shape index (κ3) is 2.20. The lowest BCUT2D eigenvalue weighted by molar-refractivity contribution is 0.0693. The van der Waals surface area contributed by atoms with Crippen LogP contribution in [0.5, 0.6) is 0 Å². The van der Waals surface area contributed by atoms with Gasteiger partial charge in [0.2, 0.25) is 0 Å². The van der Waals surface area contributed by atoms with Crippen LogP contribution in [-0.2, 0) is 0 Å². The molecule has 5 nitrogen and oxygen atoms in total. The minimum atomic E-state index is -1.40. The molecule has 1 aromatic carbocycles. The molecule has 0 unspecified atom stereocenters. The van der Waals surface area contributed by atoms with Crippen LogP contribution in [0.1, 0.15) is 36.6 Å². The van der Waals surface area contributed by atoms with Crippen LogP contribution in [0.2, 0.25) is 0 Å². The van der Waals surface area contributed by atoms with Crippen molar-refractivity contribution in [1.29, 1.82) is 0 Å². The molecule has 84 valence electrons. The lowest BCUT2D eigenvalue weighted by atomic mass is 10.00. The van der Waals surface area contributed by atoms with E-state index in [-0.39, 0.29) is 16.7 Å². The summed E-state index contributed by atoms with van der Waals surface area (Å²) < 4.78 is 0. The average molecular weight is 243 g/mol. The van der Waals surface area contributed by atoms with Gasteiger partial charge in [-0.1, -0.05) is 0 Å². The molecule has 0 bridgehead atoms. The molecular formula is C10H7ClO5. The van der Waals surface area contributed by atoms with E-state index in [0.29, 0.717) is 0 Å². The molecule has 1 aromatic rings. The van der Waals surface area contributed by atoms with E-state index < -0.39 is 22.7 Å². The predicted octanol–water partition coefficient (Wildman–Crippen LogP) is 1.77. The lowest BCUT2D eigenvalue weighted by Crippen LogP contribution is -2.10. The number of carbonyl (C=O) groups excluding carboxylic acids is 1. The van der Waals surface area contributed by atoms with Gasteiger partial charge in [-0.15, -0.1) is 0 Å². The quantitative estimate of drug-likeness (QED) is 0.788. The maximum absolute atomic E-state index is 11.0. The van der Waals surface area contributed by atoms with Gasteiger partial charge in [-0.05, 0) is 36.2 Å². The van der Waals surface area contributed by atoms with E-state index in [1.807, 2.05) is 0 Å². The van der Waals surface area contributed by atoms with Crippen LogP contribution in [0.4, 0.5) is 0 Å². The summed E-state index contributed by atoms with van der Waals surface area (Å²) in [6.07, 6.45) is 0. The summed E-state index contributed by atoms with van der Waals surface area (Å²) >= 11 is 5.21. The number of hydrogen-bond donors (Lipinski definition) is 2. The Morgan fingerprint density at radius 2 is 1.50 bits per heavy atom. The van der Waals surface area contributed by atoms with Crippen LogP contribution in [0.25, 0.3) is 0 Å². The summed E-state index contributed by atoms with van der Waals surface area (Å²) in [5.41, 5.74) is -0.514. The Bertz CT molecular complexity index is 492. The van der Waals surface area contributed by atoms with Gasteiger partial charge in [0.05, 0.1) is 11.1 Å². The number of carboxylic acids is 2. The predicted molar refractivity (Wildman–Crippen MR) is 55.3 cm³/mol. The maximum atomic E-state index is 11.0. The Hall–Kier alpha value is -1.88. The van der Waals surface area contributed by atoms with Gasteiger partial charge in [-0.3, -0.25) is 4.79 Å². The van der Waals surface area contributed by atoms with Crippen molar-refractivity contribution in [3.63, 3.8) is 0 Å². The highest BCUT2D eigenvalue weighted by molar-refractivity contribution is 6.68. The van der Waals surface area contributed by atoms with Gasteiger partial charge in [-0.25, -0.2) is 9.59 Å². The first-order valence-electron chi connectivity index (χ1n) is 4.15. The topological polar surface area (TPSA) is 91.7 Å². The van der Waals surface area contributed by atoms with Crippen LogP contribution < -0.4 is 0 Å². The molecule has 0 spiro atoms. The fourth-order valence-electron chi connectivity index (χ4n) is 1.28. The molecule has 16 heavy (non-hydrogen) atoms. The SMILES string of the molecule is Cc1cc(C(=O)Cl)c(C(=O)O)cc1C(=O)O. The van der Waals surface area contributed by atoms with E-state index >= 15 is 0 Å². The van der Waals surface area contributed by atoms with Crippen molar-refractivity contribution in [3.8, 4) is 0 Å². The highest BCUT2D eigenvalue weighted by Gasteiger charge is 2.19. The first-order valence-corrected chi connectivity index (χ1v) is 4.53. The fraction of sp³-hybridized carbons (Fsp3) is 0.100. The molecule has 0 saturated heterocycles. The van der Waals surface area contributed by atoms with Crippen LogP contribution in [0.3, 0.4) is 0 Å². The fourth-order valence-corrected chi connectivity index (χ4v) is 1.43. The third-order valence-corrected chi connectivity index (χ3v) is 2.24. The zero-order valence-electron chi connectivity index (χ0n) is 8.15. The van der Waals surface area contributed by atoms with Gasteiger partial charge in [-0.2, -0.15) is 0 Å². The first-order chi connectivity index (χ1) is 7.34. The van der Waals surface area contributed by atoms with Crippen molar-refractivity contribution in [2.75, 3.05) is 0 Å². The van der Waals surface area contributed by atoms with Crippen molar-refractivity contribution in [2.24, 2.45) is 0 Å². The van der Waals surface area contributed by atoms with Gasteiger partial charge in [0.25, 0.3) is 5.24 Å². The van der Waals surface area contributed by atoms with Crippen LogP contribution in [0, 0.1) is 6.92 Å². The number of rotatable bonds is 3. The summed E-state index contributed by atoms with van der Waals surface area (Å²) in [6, 6.07) is 2.08. The van der Waals surface area contributed by atoms with Crippen molar-refractivity contribution < 1.29 is 24.6 Å². The van der Waals surface area contributed by atoms with E-state index in [1.165, 1.54) is 6.92 Å². The zero-order chi connectivity index (χ0) is 12.5. The van der Waals surface area contributed by atoms with E-state index in [1.54, 1.807) is 0 Å². The second-order valence-corrected chi connectivity index (χ2v) is 3.44. The Morgan fingerprint density at radius 1 is 1.00 bits per heavy atom. The standard InChI is InChI=1S/C10H7ClO5/c1-4-2-6(8(11)12)7(10(15)16)3-5(4)9(13)14/h2-3H,1H3,(H,13,14)(H,15,16).